The fourth-order valence-electron chi connectivity index (χ4n) is 1.50. The Bertz CT molecular complexity index is 628. The first kappa shape index (κ1) is 14.3. The zero-order valence-corrected chi connectivity index (χ0v) is 12.5. The van der Waals surface area contributed by atoms with Gasteiger partial charge in [0.25, 0.3) is 5.91 Å². The van der Waals surface area contributed by atoms with Crippen LogP contribution in [0.3, 0.4) is 0 Å². The van der Waals surface area contributed by atoms with Gasteiger partial charge in [0.15, 0.2) is 0 Å². The summed E-state index contributed by atoms with van der Waals surface area (Å²) in [5.41, 5.74) is 0.558. The predicted molar refractivity (Wildman–Crippen MR) is 78.5 cm³/mol. The summed E-state index contributed by atoms with van der Waals surface area (Å²) in [6.45, 7) is 0. The average molecular weight is 363 g/mol. The number of anilines is 1. The first-order chi connectivity index (χ1) is 8.95. The number of halogens is 4. The molecule has 0 fully saturated rings. The van der Waals surface area contributed by atoms with Crippen LogP contribution in [0.1, 0.15) is 10.4 Å². The molecule has 0 saturated carbocycles. The summed E-state index contributed by atoms with van der Waals surface area (Å²) in [6.07, 6.45) is 0. The van der Waals surface area contributed by atoms with Gasteiger partial charge in [0.2, 0.25) is 0 Å². The highest BCUT2D eigenvalue weighted by Crippen LogP contribution is 2.23. The lowest BCUT2D eigenvalue weighted by molar-refractivity contribution is 0.102. The Hall–Kier alpha value is -1.10. The Kier molecular flexibility index (Phi) is 4.45. The summed E-state index contributed by atoms with van der Waals surface area (Å²) in [4.78, 5) is 12.0. The number of carbonyl (C=O) groups is 1. The molecule has 2 aromatic carbocycles. The monoisotopic (exact) mass is 361 g/mol. The zero-order valence-electron chi connectivity index (χ0n) is 9.38. The molecular weight excluding hydrogens is 356 g/mol. The van der Waals surface area contributed by atoms with Gasteiger partial charge in [-0.2, -0.15) is 0 Å². The van der Waals surface area contributed by atoms with E-state index < -0.39 is 11.7 Å². The quantitative estimate of drug-likeness (QED) is 0.786. The molecule has 1 N–H and O–H groups in total. The molecule has 2 aromatic rings. The molecule has 0 aliphatic heterocycles. The van der Waals surface area contributed by atoms with Crippen molar-refractivity contribution < 1.29 is 9.18 Å². The van der Waals surface area contributed by atoms with E-state index in [-0.39, 0.29) is 16.3 Å². The molecule has 98 valence electrons. The highest BCUT2D eigenvalue weighted by atomic mass is 79.9. The summed E-state index contributed by atoms with van der Waals surface area (Å²) in [5.74, 6) is -0.962. The second-order valence-electron chi connectivity index (χ2n) is 3.74. The molecule has 0 aliphatic carbocycles. The Morgan fingerprint density at radius 2 is 1.89 bits per heavy atom. The van der Waals surface area contributed by atoms with Gasteiger partial charge >= 0.3 is 0 Å². The number of hydrogen-bond acceptors (Lipinski definition) is 1. The van der Waals surface area contributed by atoms with Gasteiger partial charge in [0, 0.05) is 15.2 Å². The maximum atomic E-state index is 13.2. The lowest BCUT2D eigenvalue weighted by Gasteiger charge is -2.08. The van der Waals surface area contributed by atoms with Crippen LogP contribution in [0.2, 0.25) is 10.0 Å². The van der Waals surface area contributed by atoms with Crippen molar-refractivity contribution in [2.75, 3.05) is 5.32 Å². The third kappa shape index (κ3) is 3.69. The lowest BCUT2D eigenvalue weighted by Crippen LogP contribution is -2.12. The molecule has 2 nitrogen and oxygen atoms in total. The SMILES string of the molecule is O=C(Nc1cc(F)cc(Cl)c1)c1cc(Br)ccc1Cl. The summed E-state index contributed by atoms with van der Waals surface area (Å²) in [5, 5.41) is 3.05. The number of hydrogen-bond donors (Lipinski definition) is 1. The number of nitrogens with one attached hydrogen (secondary N) is 1. The van der Waals surface area contributed by atoms with Crippen LogP contribution >= 0.6 is 39.1 Å². The van der Waals surface area contributed by atoms with Gasteiger partial charge in [-0.05, 0) is 36.4 Å². The minimum absolute atomic E-state index is 0.204. The highest BCUT2D eigenvalue weighted by Gasteiger charge is 2.12. The molecule has 0 saturated heterocycles. The fraction of sp³-hybridized carbons (Fsp3) is 0. The second-order valence-corrected chi connectivity index (χ2v) is 5.50. The van der Waals surface area contributed by atoms with Crippen molar-refractivity contribution in [3.63, 3.8) is 0 Å². The molecule has 2 rings (SSSR count). The molecule has 0 spiro atoms. The minimum Gasteiger partial charge on any atom is -0.322 e. The van der Waals surface area contributed by atoms with E-state index in [2.05, 4.69) is 21.2 Å². The molecule has 0 bridgehead atoms. The lowest BCUT2D eigenvalue weighted by atomic mass is 10.2. The van der Waals surface area contributed by atoms with Crippen LogP contribution in [-0.4, -0.2) is 5.91 Å². The van der Waals surface area contributed by atoms with Crippen molar-refractivity contribution in [3.8, 4) is 0 Å². The van der Waals surface area contributed by atoms with E-state index in [0.29, 0.717) is 5.02 Å². The van der Waals surface area contributed by atoms with E-state index in [0.717, 1.165) is 10.5 Å². The van der Waals surface area contributed by atoms with Crippen LogP contribution in [0.25, 0.3) is 0 Å². The Morgan fingerprint density at radius 3 is 2.58 bits per heavy atom. The molecule has 0 unspecified atom stereocenters. The molecule has 0 atom stereocenters. The van der Waals surface area contributed by atoms with E-state index in [1.807, 2.05) is 0 Å². The third-order valence-corrected chi connectivity index (χ3v) is 3.33. The van der Waals surface area contributed by atoms with E-state index in [9.17, 15) is 9.18 Å². The van der Waals surface area contributed by atoms with Crippen LogP contribution < -0.4 is 5.32 Å². The second kappa shape index (κ2) is 5.90. The van der Waals surface area contributed by atoms with Crippen LogP contribution in [0.15, 0.2) is 40.9 Å². The van der Waals surface area contributed by atoms with Gasteiger partial charge in [-0.25, -0.2) is 4.39 Å². The summed E-state index contributed by atoms with van der Waals surface area (Å²) in [7, 11) is 0. The van der Waals surface area contributed by atoms with Gasteiger partial charge < -0.3 is 5.32 Å². The van der Waals surface area contributed by atoms with Gasteiger partial charge in [-0.3, -0.25) is 4.79 Å². The predicted octanol–water partition coefficient (Wildman–Crippen LogP) is 5.15. The molecule has 0 aliphatic rings. The Balaban J connectivity index is 2.28. The Morgan fingerprint density at radius 1 is 1.16 bits per heavy atom. The molecular formula is C13H7BrCl2FNO. The summed E-state index contributed by atoms with van der Waals surface area (Å²) < 4.78 is 13.9. The van der Waals surface area contributed by atoms with Crippen molar-refractivity contribution in [1.29, 1.82) is 0 Å². The van der Waals surface area contributed by atoms with Crippen molar-refractivity contribution in [3.05, 3.63) is 62.3 Å². The van der Waals surface area contributed by atoms with Gasteiger partial charge in [-0.1, -0.05) is 39.1 Å². The highest BCUT2D eigenvalue weighted by molar-refractivity contribution is 9.10. The standard InChI is InChI=1S/C13H7BrCl2FNO/c14-7-1-2-12(16)11(3-7)13(19)18-10-5-8(15)4-9(17)6-10/h1-6H,(H,18,19). The number of amides is 1. The molecule has 0 radical (unpaired) electrons. The molecule has 0 heterocycles. The summed E-state index contributed by atoms with van der Waals surface area (Å²) >= 11 is 14.9. The fourth-order valence-corrected chi connectivity index (χ4v) is 2.28. The van der Waals surface area contributed by atoms with Gasteiger partial charge in [0.05, 0.1) is 10.6 Å². The summed E-state index contributed by atoms with van der Waals surface area (Å²) in [6, 6.07) is 8.68. The van der Waals surface area contributed by atoms with E-state index >= 15 is 0 Å². The van der Waals surface area contributed by atoms with E-state index in [1.54, 1.807) is 18.2 Å². The van der Waals surface area contributed by atoms with Crippen molar-refractivity contribution in [2.24, 2.45) is 0 Å². The van der Waals surface area contributed by atoms with E-state index in [4.69, 9.17) is 23.2 Å². The van der Waals surface area contributed by atoms with Crippen LogP contribution in [-0.2, 0) is 0 Å². The number of rotatable bonds is 2. The first-order valence-electron chi connectivity index (χ1n) is 5.18. The Labute approximate surface area is 127 Å². The van der Waals surface area contributed by atoms with Crippen LogP contribution in [0, 0.1) is 5.82 Å². The number of benzene rings is 2. The molecule has 6 heteroatoms. The number of carbonyl (C=O) groups excluding carboxylic acids is 1. The van der Waals surface area contributed by atoms with Crippen molar-refractivity contribution >= 4 is 50.7 Å². The largest absolute Gasteiger partial charge is 0.322 e. The van der Waals surface area contributed by atoms with Crippen molar-refractivity contribution in [2.45, 2.75) is 0 Å². The van der Waals surface area contributed by atoms with Crippen LogP contribution in [0.4, 0.5) is 10.1 Å². The molecule has 1 amide bonds. The normalized spacial score (nSPS) is 10.3. The smallest absolute Gasteiger partial charge is 0.257 e. The first-order valence-corrected chi connectivity index (χ1v) is 6.73. The third-order valence-electron chi connectivity index (χ3n) is 2.29. The van der Waals surface area contributed by atoms with E-state index in [1.165, 1.54) is 12.1 Å². The maximum Gasteiger partial charge on any atom is 0.257 e. The topological polar surface area (TPSA) is 29.1 Å². The zero-order chi connectivity index (χ0) is 14.0. The molecule has 19 heavy (non-hydrogen) atoms. The molecule has 0 aromatic heterocycles. The van der Waals surface area contributed by atoms with Gasteiger partial charge in [0.1, 0.15) is 5.82 Å². The van der Waals surface area contributed by atoms with Gasteiger partial charge in [-0.15, -0.1) is 0 Å². The average Bonchev–Trinajstić information content (AvgIpc) is 2.30. The van der Waals surface area contributed by atoms with Crippen LogP contribution in [0.5, 0.6) is 0 Å². The maximum absolute atomic E-state index is 13.2. The van der Waals surface area contributed by atoms with Crippen molar-refractivity contribution in [1.82, 2.24) is 0 Å². The minimum atomic E-state index is -0.525.